The largest absolute Gasteiger partial charge is 0.368 e. The van der Waals surface area contributed by atoms with Crippen molar-refractivity contribution in [3.8, 4) is 0 Å². The number of halogens is 2. The van der Waals surface area contributed by atoms with Crippen molar-refractivity contribution >= 4 is 17.7 Å². The summed E-state index contributed by atoms with van der Waals surface area (Å²) in [7, 11) is 0. The Morgan fingerprint density at radius 2 is 2.00 bits per heavy atom. The molecule has 1 rings (SSSR count). The first-order chi connectivity index (χ1) is 8.14. The van der Waals surface area contributed by atoms with Gasteiger partial charge >= 0.3 is 0 Å². The van der Waals surface area contributed by atoms with Crippen molar-refractivity contribution in [2.75, 3.05) is 6.54 Å². The summed E-state index contributed by atoms with van der Waals surface area (Å²) < 4.78 is 26.4. The van der Waals surface area contributed by atoms with Crippen molar-refractivity contribution < 1.29 is 23.2 Å². The number of alkyl halides is 2. The number of hydrogen-bond donors (Lipinski definition) is 2. The van der Waals surface area contributed by atoms with E-state index in [2.05, 4.69) is 5.32 Å². The molecule has 2 atom stereocenters. The molecule has 1 saturated heterocycles. The zero-order valence-electron chi connectivity index (χ0n) is 10.1. The highest BCUT2D eigenvalue weighted by atomic mass is 19.3. The van der Waals surface area contributed by atoms with Gasteiger partial charge in [0.1, 0.15) is 12.1 Å². The lowest BCUT2D eigenvalue weighted by Crippen LogP contribution is -2.51. The molecule has 0 aromatic carbocycles. The predicted octanol–water partition coefficient (Wildman–Crippen LogP) is -0.767. The molecule has 1 fully saturated rings. The van der Waals surface area contributed by atoms with Gasteiger partial charge in [0.2, 0.25) is 17.7 Å². The molecular formula is C10H15F2N3O3. The fraction of sp³-hybridized carbons (Fsp3) is 0.700. The van der Waals surface area contributed by atoms with Crippen LogP contribution in [0.5, 0.6) is 0 Å². The SMILES string of the molecule is CC(=O)NC(C)C(=O)N1CC(F)(F)CC1C(N)=O. The van der Waals surface area contributed by atoms with Gasteiger partial charge < -0.3 is 16.0 Å². The van der Waals surface area contributed by atoms with E-state index in [0.29, 0.717) is 0 Å². The number of hydrogen-bond acceptors (Lipinski definition) is 3. The van der Waals surface area contributed by atoms with Crippen LogP contribution < -0.4 is 11.1 Å². The predicted molar refractivity (Wildman–Crippen MR) is 57.5 cm³/mol. The lowest BCUT2D eigenvalue weighted by atomic mass is 10.1. The van der Waals surface area contributed by atoms with E-state index in [-0.39, 0.29) is 0 Å². The summed E-state index contributed by atoms with van der Waals surface area (Å²) in [5.74, 6) is -5.31. The third kappa shape index (κ3) is 3.14. The molecule has 1 aliphatic rings. The van der Waals surface area contributed by atoms with Gasteiger partial charge in [0.25, 0.3) is 5.92 Å². The van der Waals surface area contributed by atoms with Crippen LogP contribution in [0.3, 0.4) is 0 Å². The van der Waals surface area contributed by atoms with Crippen LogP contribution in [0.4, 0.5) is 8.78 Å². The highest BCUT2D eigenvalue weighted by molar-refractivity contribution is 5.91. The molecule has 1 aliphatic heterocycles. The van der Waals surface area contributed by atoms with Gasteiger partial charge in [-0.2, -0.15) is 0 Å². The number of carbonyl (C=O) groups excluding carboxylic acids is 3. The van der Waals surface area contributed by atoms with Crippen LogP contribution in [0.25, 0.3) is 0 Å². The molecule has 6 nitrogen and oxygen atoms in total. The minimum Gasteiger partial charge on any atom is -0.368 e. The van der Waals surface area contributed by atoms with Gasteiger partial charge in [-0.05, 0) is 6.92 Å². The number of likely N-dealkylation sites (tertiary alicyclic amines) is 1. The zero-order chi connectivity index (χ0) is 14.1. The second kappa shape index (κ2) is 4.87. The molecule has 18 heavy (non-hydrogen) atoms. The highest BCUT2D eigenvalue weighted by Gasteiger charge is 2.50. The van der Waals surface area contributed by atoms with Crippen molar-refractivity contribution in [3.63, 3.8) is 0 Å². The highest BCUT2D eigenvalue weighted by Crippen LogP contribution is 2.32. The summed E-state index contributed by atoms with van der Waals surface area (Å²) in [6.45, 7) is 1.70. The third-order valence-electron chi connectivity index (χ3n) is 2.67. The van der Waals surface area contributed by atoms with Crippen LogP contribution in [0.15, 0.2) is 0 Å². The summed E-state index contributed by atoms with van der Waals surface area (Å²) in [4.78, 5) is 34.4. The van der Waals surface area contributed by atoms with Crippen molar-refractivity contribution in [2.24, 2.45) is 5.73 Å². The first-order valence-electron chi connectivity index (χ1n) is 5.39. The Hall–Kier alpha value is -1.73. The zero-order valence-corrected chi connectivity index (χ0v) is 10.1. The number of nitrogens with zero attached hydrogens (tertiary/aromatic N) is 1. The van der Waals surface area contributed by atoms with E-state index in [1.54, 1.807) is 0 Å². The molecule has 3 amide bonds. The van der Waals surface area contributed by atoms with E-state index in [1.165, 1.54) is 13.8 Å². The monoisotopic (exact) mass is 263 g/mol. The lowest BCUT2D eigenvalue weighted by Gasteiger charge is -2.25. The molecule has 0 aliphatic carbocycles. The average molecular weight is 263 g/mol. The van der Waals surface area contributed by atoms with Crippen LogP contribution >= 0.6 is 0 Å². The van der Waals surface area contributed by atoms with Gasteiger partial charge in [0, 0.05) is 13.3 Å². The Kier molecular flexibility index (Phi) is 3.88. The van der Waals surface area contributed by atoms with Crippen LogP contribution in [0, 0.1) is 0 Å². The molecule has 0 bridgehead atoms. The maximum Gasteiger partial charge on any atom is 0.267 e. The fourth-order valence-corrected chi connectivity index (χ4v) is 1.92. The minimum absolute atomic E-state index is 0.461. The Morgan fingerprint density at radius 1 is 1.44 bits per heavy atom. The van der Waals surface area contributed by atoms with Gasteiger partial charge in [-0.25, -0.2) is 8.78 Å². The van der Waals surface area contributed by atoms with Gasteiger partial charge in [0.15, 0.2) is 0 Å². The summed E-state index contributed by atoms with van der Waals surface area (Å²) >= 11 is 0. The number of nitrogens with two attached hydrogens (primary N) is 1. The molecule has 0 spiro atoms. The Morgan fingerprint density at radius 3 is 2.44 bits per heavy atom. The molecule has 2 unspecified atom stereocenters. The number of amides is 3. The maximum atomic E-state index is 13.2. The molecule has 0 aromatic rings. The molecule has 3 N–H and O–H groups in total. The van der Waals surface area contributed by atoms with Crippen LogP contribution in [-0.2, 0) is 14.4 Å². The number of primary amides is 1. The molecule has 1 heterocycles. The van der Waals surface area contributed by atoms with E-state index >= 15 is 0 Å². The first kappa shape index (κ1) is 14.3. The van der Waals surface area contributed by atoms with E-state index in [0.717, 1.165) is 4.90 Å². The van der Waals surface area contributed by atoms with E-state index < -0.39 is 48.7 Å². The second-order valence-corrected chi connectivity index (χ2v) is 4.37. The Labute approximate surface area is 102 Å². The third-order valence-corrected chi connectivity index (χ3v) is 2.67. The van der Waals surface area contributed by atoms with Crippen LogP contribution in [0.1, 0.15) is 20.3 Å². The van der Waals surface area contributed by atoms with E-state index in [4.69, 9.17) is 5.73 Å². The summed E-state index contributed by atoms with van der Waals surface area (Å²) in [5, 5.41) is 2.28. The quantitative estimate of drug-likeness (QED) is 0.700. The Bertz CT molecular complexity index is 387. The summed E-state index contributed by atoms with van der Waals surface area (Å²) in [5.41, 5.74) is 4.99. The fourth-order valence-electron chi connectivity index (χ4n) is 1.92. The molecule has 102 valence electrons. The van der Waals surface area contributed by atoms with Crippen molar-refractivity contribution in [1.29, 1.82) is 0 Å². The minimum atomic E-state index is -3.13. The lowest BCUT2D eigenvalue weighted by molar-refractivity contribution is -0.140. The first-order valence-corrected chi connectivity index (χ1v) is 5.39. The molecule has 0 aromatic heterocycles. The van der Waals surface area contributed by atoms with Gasteiger partial charge in [0.05, 0.1) is 6.54 Å². The van der Waals surface area contributed by atoms with Crippen LogP contribution in [0.2, 0.25) is 0 Å². The van der Waals surface area contributed by atoms with Gasteiger partial charge in [-0.1, -0.05) is 0 Å². The normalized spacial score (nSPS) is 23.6. The van der Waals surface area contributed by atoms with Crippen molar-refractivity contribution in [1.82, 2.24) is 10.2 Å². The van der Waals surface area contributed by atoms with Crippen LogP contribution in [-0.4, -0.2) is 47.2 Å². The number of carbonyl (C=O) groups is 3. The van der Waals surface area contributed by atoms with Gasteiger partial charge in [-0.15, -0.1) is 0 Å². The number of rotatable bonds is 3. The van der Waals surface area contributed by atoms with Gasteiger partial charge in [-0.3, -0.25) is 14.4 Å². The number of nitrogens with one attached hydrogen (secondary N) is 1. The standard InChI is InChI=1S/C10H15F2N3O3/c1-5(14-6(2)16)9(18)15-4-10(11,12)3-7(15)8(13)17/h5,7H,3-4H2,1-2H3,(H2,13,17)(H,14,16). The molecular weight excluding hydrogens is 248 g/mol. The molecule has 0 saturated carbocycles. The summed E-state index contributed by atoms with van der Waals surface area (Å²) in [6.07, 6.45) is -0.777. The van der Waals surface area contributed by atoms with E-state index in [9.17, 15) is 23.2 Å². The molecule has 8 heteroatoms. The average Bonchev–Trinajstić information content (AvgIpc) is 2.52. The smallest absolute Gasteiger partial charge is 0.267 e. The topological polar surface area (TPSA) is 92.5 Å². The van der Waals surface area contributed by atoms with Crippen molar-refractivity contribution in [2.45, 2.75) is 38.3 Å². The van der Waals surface area contributed by atoms with Crippen molar-refractivity contribution in [3.05, 3.63) is 0 Å². The Balaban J connectivity index is 2.83. The second-order valence-electron chi connectivity index (χ2n) is 4.37. The van der Waals surface area contributed by atoms with E-state index in [1.807, 2.05) is 0 Å². The maximum absolute atomic E-state index is 13.2. The summed E-state index contributed by atoms with van der Waals surface area (Å²) in [6, 6.07) is -2.30. The molecule has 0 radical (unpaired) electrons.